The summed E-state index contributed by atoms with van der Waals surface area (Å²) in [5.74, 6) is 1.43. The lowest BCUT2D eigenvalue weighted by atomic mass is 10.2. The fourth-order valence-corrected chi connectivity index (χ4v) is 2.01. The molecule has 0 atom stereocenters. The first-order chi connectivity index (χ1) is 8.99. The summed E-state index contributed by atoms with van der Waals surface area (Å²) in [7, 11) is 1.79. The number of amides is 1. The van der Waals surface area contributed by atoms with Gasteiger partial charge in [-0.15, -0.1) is 0 Å². The Morgan fingerprint density at radius 3 is 2.84 bits per heavy atom. The summed E-state index contributed by atoms with van der Waals surface area (Å²) in [5, 5.41) is 0. The molecular formula is C14H20N4O. The molecule has 0 saturated heterocycles. The van der Waals surface area contributed by atoms with Crippen molar-refractivity contribution in [2.75, 3.05) is 7.05 Å². The predicted octanol–water partition coefficient (Wildman–Crippen LogP) is 2.07. The summed E-state index contributed by atoms with van der Waals surface area (Å²) in [6.45, 7) is 7.25. The average molecular weight is 260 g/mol. The van der Waals surface area contributed by atoms with E-state index in [9.17, 15) is 4.79 Å². The minimum Gasteiger partial charge on any atom is -0.339 e. The molecule has 0 aliphatic carbocycles. The van der Waals surface area contributed by atoms with Crippen molar-refractivity contribution in [3.63, 3.8) is 0 Å². The van der Waals surface area contributed by atoms with Gasteiger partial charge in [-0.2, -0.15) is 0 Å². The van der Waals surface area contributed by atoms with Crippen molar-refractivity contribution < 1.29 is 4.79 Å². The van der Waals surface area contributed by atoms with Crippen LogP contribution in [0.5, 0.6) is 0 Å². The number of rotatable bonds is 4. The Kier molecular flexibility index (Phi) is 3.83. The van der Waals surface area contributed by atoms with E-state index in [1.807, 2.05) is 12.1 Å². The van der Waals surface area contributed by atoms with Crippen LogP contribution in [0.4, 0.5) is 0 Å². The molecular weight excluding hydrogens is 240 g/mol. The fourth-order valence-electron chi connectivity index (χ4n) is 2.01. The Labute approximate surface area is 113 Å². The van der Waals surface area contributed by atoms with E-state index in [1.165, 1.54) is 0 Å². The normalized spacial score (nSPS) is 11.2. The van der Waals surface area contributed by atoms with Gasteiger partial charge in [-0.1, -0.05) is 13.8 Å². The van der Waals surface area contributed by atoms with Crippen molar-refractivity contribution in [2.45, 2.75) is 33.9 Å². The zero-order valence-electron chi connectivity index (χ0n) is 11.9. The highest BCUT2D eigenvalue weighted by molar-refractivity contribution is 5.73. The zero-order valence-corrected chi connectivity index (χ0v) is 11.9. The molecule has 19 heavy (non-hydrogen) atoms. The minimum absolute atomic E-state index is 0.0381. The molecule has 0 N–H and O–H groups in total. The number of nitrogens with zero attached hydrogens (tertiary/aromatic N) is 4. The molecule has 5 nitrogen and oxygen atoms in total. The SMILES string of the molecule is CC(=O)N(C)Cc1nc2cccnc2n1CC(C)C. The summed E-state index contributed by atoms with van der Waals surface area (Å²) >= 11 is 0. The summed E-state index contributed by atoms with van der Waals surface area (Å²) in [6.07, 6.45) is 1.78. The summed E-state index contributed by atoms with van der Waals surface area (Å²) < 4.78 is 2.11. The van der Waals surface area contributed by atoms with Gasteiger partial charge in [-0.3, -0.25) is 4.79 Å². The van der Waals surface area contributed by atoms with Crippen molar-refractivity contribution in [2.24, 2.45) is 5.92 Å². The van der Waals surface area contributed by atoms with Crippen LogP contribution in [0.3, 0.4) is 0 Å². The van der Waals surface area contributed by atoms with Crippen LogP contribution >= 0.6 is 0 Å². The van der Waals surface area contributed by atoms with Crippen LogP contribution in [-0.4, -0.2) is 32.4 Å². The summed E-state index contributed by atoms with van der Waals surface area (Å²) in [6, 6.07) is 3.84. The molecule has 2 rings (SSSR count). The van der Waals surface area contributed by atoms with E-state index in [1.54, 1.807) is 25.1 Å². The lowest BCUT2D eigenvalue weighted by Crippen LogP contribution is -2.25. The highest BCUT2D eigenvalue weighted by Gasteiger charge is 2.15. The Balaban J connectivity index is 2.43. The number of imidazole rings is 1. The molecule has 0 aromatic carbocycles. The van der Waals surface area contributed by atoms with Crippen LogP contribution in [0.2, 0.25) is 0 Å². The molecule has 0 aliphatic heterocycles. The number of aromatic nitrogens is 3. The van der Waals surface area contributed by atoms with E-state index in [2.05, 4.69) is 28.4 Å². The largest absolute Gasteiger partial charge is 0.339 e. The third-order valence-corrected chi connectivity index (χ3v) is 3.05. The number of hydrogen-bond acceptors (Lipinski definition) is 3. The van der Waals surface area contributed by atoms with Crippen LogP contribution in [-0.2, 0) is 17.9 Å². The second-order valence-electron chi connectivity index (χ2n) is 5.25. The van der Waals surface area contributed by atoms with E-state index in [-0.39, 0.29) is 5.91 Å². The van der Waals surface area contributed by atoms with Gasteiger partial charge in [-0.25, -0.2) is 9.97 Å². The number of pyridine rings is 1. The first-order valence-corrected chi connectivity index (χ1v) is 6.51. The van der Waals surface area contributed by atoms with Crippen molar-refractivity contribution >= 4 is 17.1 Å². The molecule has 0 radical (unpaired) electrons. The minimum atomic E-state index is 0.0381. The summed E-state index contributed by atoms with van der Waals surface area (Å²) in [5.41, 5.74) is 1.78. The van der Waals surface area contributed by atoms with Crippen molar-refractivity contribution in [1.29, 1.82) is 0 Å². The Morgan fingerprint density at radius 2 is 2.21 bits per heavy atom. The number of fused-ring (bicyclic) bond motifs is 1. The molecule has 0 saturated carbocycles. The lowest BCUT2D eigenvalue weighted by Gasteiger charge is -2.16. The fraction of sp³-hybridized carbons (Fsp3) is 0.500. The second kappa shape index (κ2) is 5.38. The Bertz CT molecular complexity index is 588. The van der Waals surface area contributed by atoms with Gasteiger partial charge >= 0.3 is 0 Å². The van der Waals surface area contributed by atoms with E-state index >= 15 is 0 Å². The predicted molar refractivity (Wildman–Crippen MR) is 74.5 cm³/mol. The maximum atomic E-state index is 11.4. The quantitative estimate of drug-likeness (QED) is 0.845. The lowest BCUT2D eigenvalue weighted by molar-refractivity contribution is -0.128. The van der Waals surface area contributed by atoms with Crippen LogP contribution < -0.4 is 0 Å². The van der Waals surface area contributed by atoms with Gasteiger partial charge in [0.2, 0.25) is 5.91 Å². The van der Waals surface area contributed by atoms with Gasteiger partial charge < -0.3 is 9.47 Å². The number of hydrogen-bond donors (Lipinski definition) is 0. The Hall–Kier alpha value is -1.91. The van der Waals surface area contributed by atoms with Gasteiger partial charge in [0.05, 0.1) is 6.54 Å². The summed E-state index contributed by atoms with van der Waals surface area (Å²) in [4.78, 5) is 22.0. The van der Waals surface area contributed by atoms with E-state index in [0.717, 1.165) is 23.5 Å². The molecule has 1 amide bonds. The van der Waals surface area contributed by atoms with Gasteiger partial charge in [0.25, 0.3) is 0 Å². The molecule has 0 bridgehead atoms. The number of carbonyl (C=O) groups is 1. The van der Waals surface area contributed by atoms with E-state index in [0.29, 0.717) is 12.5 Å². The molecule has 0 unspecified atom stereocenters. The molecule has 2 aromatic rings. The van der Waals surface area contributed by atoms with Crippen LogP contribution in [0.15, 0.2) is 18.3 Å². The van der Waals surface area contributed by atoms with Gasteiger partial charge in [-0.05, 0) is 18.1 Å². The van der Waals surface area contributed by atoms with Gasteiger partial charge in [0.15, 0.2) is 5.65 Å². The topological polar surface area (TPSA) is 51.0 Å². The van der Waals surface area contributed by atoms with Crippen molar-refractivity contribution in [3.05, 3.63) is 24.2 Å². The average Bonchev–Trinajstić information content (AvgIpc) is 2.67. The highest BCUT2D eigenvalue weighted by Crippen LogP contribution is 2.16. The molecule has 2 heterocycles. The van der Waals surface area contributed by atoms with E-state index in [4.69, 9.17) is 0 Å². The second-order valence-corrected chi connectivity index (χ2v) is 5.25. The van der Waals surface area contributed by atoms with Crippen molar-refractivity contribution in [3.8, 4) is 0 Å². The first-order valence-electron chi connectivity index (χ1n) is 6.51. The maximum Gasteiger partial charge on any atom is 0.219 e. The molecule has 0 fully saturated rings. The smallest absolute Gasteiger partial charge is 0.219 e. The third kappa shape index (κ3) is 2.92. The molecule has 5 heteroatoms. The highest BCUT2D eigenvalue weighted by atomic mass is 16.2. The van der Waals surface area contributed by atoms with Crippen LogP contribution in [0, 0.1) is 5.92 Å². The standard InChI is InChI=1S/C14H20N4O/c1-10(2)8-18-13(9-17(4)11(3)19)16-12-6-5-7-15-14(12)18/h5-7,10H,8-9H2,1-4H3. The van der Waals surface area contributed by atoms with Crippen molar-refractivity contribution in [1.82, 2.24) is 19.4 Å². The molecule has 0 aliphatic rings. The molecule has 2 aromatic heterocycles. The monoisotopic (exact) mass is 260 g/mol. The van der Waals surface area contributed by atoms with Gasteiger partial charge in [0.1, 0.15) is 11.3 Å². The van der Waals surface area contributed by atoms with E-state index < -0.39 is 0 Å². The van der Waals surface area contributed by atoms with Gasteiger partial charge in [0, 0.05) is 26.7 Å². The first kappa shape index (κ1) is 13.5. The Morgan fingerprint density at radius 1 is 1.47 bits per heavy atom. The third-order valence-electron chi connectivity index (χ3n) is 3.05. The zero-order chi connectivity index (χ0) is 14.0. The van der Waals surface area contributed by atoms with Crippen LogP contribution in [0.25, 0.3) is 11.2 Å². The van der Waals surface area contributed by atoms with Crippen LogP contribution in [0.1, 0.15) is 26.6 Å². The molecule has 0 spiro atoms. The number of carbonyl (C=O) groups excluding carboxylic acids is 1. The maximum absolute atomic E-state index is 11.4. The molecule has 102 valence electrons.